The van der Waals surface area contributed by atoms with Crippen molar-refractivity contribution in [1.29, 1.82) is 0 Å². The Morgan fingerprint density at radius 3 is 1.86 bits per heavy atom. The van der Waals surface area contributed by atoms with Crippen LogP contribution in [0.25, 0.3) is 0 Å². The summed E-state index contributed by atoms with van der Waals surface area (Å²) in [6.07, 6.45) is 7.97. The second-order valence-corrected chi connectivity index (χ2v) is 14.6. The lowest BCUT2D eigenvalue weighted by Gasteiger charge is -2.62. The Kier molecular flexibility index (Phi) is 9.38. The van der Waals surface area contributed by atoms with E-state index in [4.69, 9.17) is 9.47 Å². The molecular weight excluding hydrogens is 694 g/mol. The highest BCUT2D eigenvalue weighted by Crippen LogP contribution is 2.67. The maximum absolute atomic E-state index is 11.8. The zero-order valence-corrected chi connectivity index (χ0v) is 27.9. The van der Waals surface area contributed by atoms with E-state index >= 15 is 0 Å². The molecule has 0 aromatic heterocycles. The number of quaternary nitrogens is 2. The number of ether oxygens (including phenoxy) is 2. The van der Waals surface area contributed by atoms with Crippen LogP contribution in [-0.4, -0.2) is 110 Å². The van der Waals surface area contributed by atoms with Crippen molar-refractivity contribution >= 4 is 0 Å². The van der Waals surface area contributed by atoms with Crippen molar-refractivity contribution in [2.75, 3.05) is 66.7 Å². The Bertz CT molecular complexity index is 807. The Morgan fingerprint density at radius 1 is 0.703 bits per heavy atom. The molecule has 0 amide bonds. The van der Waals surface area contributed by atoms with Crippen molar-refractivity contribution in [2.45, 2.75) is 83.1 Å². The average molecular weight is 747 g/mol. The summed E-state index contributed by atoms with van der Waals surface area (Å²) in [5.41, 5.74) is 0.374. The molecule has 0 bridgehead atoms. The van der Waals surface area contributed by atoms with Crippen LogP contribution in [0.4, 0.5) is 0 Å². The van der Waals surface area contributed by atoms with Crippen LogP contribution in [0.15, 0.2) is 0 Å². The topological polar surface area (TPSA) is 58.9 Å². The van der Waals surface area contributed by atoms with Crippen molar-refractivity contribution in [3.8, 4) is 0 Å². The normalized spacial score (nSPS) is 50.4. The first kappa shape index (κ1) is 31.2. The van der Waals surface area contributed by atoms with Gasteiger partial charge in [0.2, 0.25) is 0 Å². The van der Waals surface area contributed by atoms with Crippen molar-refractivity contribution in [3.05, 3.63) is 0 Å². The summed E-state index contributed by atoms with van der Waals surface area (Å²) < 4.78 is 13.4. The average Bonchev–Trinajstić information content (AvgIpc) is 3.12. The van der Waals surface area contributed by atoms with Gasteiger partial charge in [0.25, 0.3) is 0 Å². The second kappa shape index (κ2) is 11.1. The predicted molar refractivity (Wildman–Crippen MR) is 136 cm³/mol. The van der Waals surface area contributed by atoms with Crippen LogP contribution in [0.2, 0.25) is 0 Å². The van der Waals surface area contributed by atoms with Crippen molar-refractivity contribution in [2.24, 2.45) is 34.5 Å². The van der Waals surface area contributed by atoms with Gasteiger partial charge >= 0.3 is 0 Å². The van der Waals surface area contributed by atoms with E-state index in [9.17, 15) is 10.2 Å². The molecule has 6 rings (SSSR count). The molecule has 216 valence electrons. The summed E-state index contributed by atoms with van der Waals surface area (Å²) in [7, 11) is 4.76. The van der Waals surface area contributed by atoms with E-state index < -0.39 is 0 Å². The molecule has 0 unspecified atom stereocenters. The van der Waals surface area contributed by atoms with Crippen LogP contribution in [0.1, 0.15) is 58.8 Å². The smallest absolute Gasteiger partial charge is 0.116 e. The molecule has 2 heterocycles. The minimum atomic E-state index is -0.194. The molecule has 2 N–H and O–H groups in total. The molecular formula is C29H52I2N2O4. The number of aliphatic hydroxyl groups is 2. The Hall–Kier alpha value is 1.22. The molecule has 0 aromatic rings. The van der Waals surface area contributed by atoms with Crippen LogP contribution < -0.4 is 48.0 Å². The molecule has 0 spiro atoms. The van der Waals surface area contributed by atoms with E-state index in [0.29, 0.717) is 29.3 Å². The van der Waals surface area contributed by atoms with Gasteiger partial charge in [-0.05, 0) is 61.2 Å². The Balaban J connectivity index is 0.00000160. The lowest BCUT2D eigenvalue weighted by atomic mass is 9.44. The van der Waals surface area contributed by atoms with E-state index in [1.54, 1.807) is 0 Å². The Labute approximate surface area is 259 Å². The minimum Gasteiger partial charge on any atom is -1.00 e. The molecule has 6 nitrogen and oxygen atoms in total. The highest BCUT2D eigenvalue weighted by molar-refractivity contribution is 5.12. The van der Waals surface area contributed by atoms with E-state index in [-0.39, 0.29) is 65.6 Å². The fourth-order valence-corrected chi connectivity index (χ4v) is 10.7. The third-order valence-corrected chi connectivity index (χ3v) is 13.2. The first-order valence-corrected chi connectivity index (χ1v) is 14.8. The zero-order chi connectivity index (χ0) is 24.6. The summed E-state index contributed by atoms with van der Waals surface area (Å²) >= 11 is 0. The van der Waals surface area contributed by atoms with Gasteiger partial charge in [0.05, 0.1) is 40.5 Å². The lowest BCUT2D eigenvalue weighted by Crippen LogP contribution is -3.00. The highest BCUT2D eigenvalue weighted by Gasteiger charge is 2.66. The maximum Gasteiger partial charge on any atom is 0.116 e. The van der Waals surface area contributed by atoms with Gasteiger partial charge in [0.1, 0.15) is 50.5 Å². The number of nitrogens with zero attached hydrogens (tertiary/aromatic N) is 2. The molecule has 4 aliphatic carbocycles. The van der Waals surface area contributed by atoms with E-state index in [0.717, 1.165) is 86.3 Å². The largest absolute Gasteiger partial charge is 1.00 e. The number of rotatable bonds is 2. The van der Waals surface area contributed by atoms with Crippen molar-refractivity contribution < 1.29 is 76.6 Å². The number of aliphatic hydroxyl groups excluding tert-OH is 2. The number of likely N-dealkylation sites (N-methyl/N-ethyl adjacent to an activating group) is 2. The third kappa shape index (κ3) is 4.88. The number of halogens is 2. The monoisotopic (exact) mass is 746 g/mol. The lowest BCUT2D eigenvalue weighted by molar-refractivity contribution is -0.945. The van der Waals surface area contributed by atoms with Gasteiger partial charge in [-0.1, -0.05) is 13.8 Å². The van der Waals surface area contributed by atoms with Gasteiger partial charge in [-0.2, -0.15) is 0 Å². The third-order valence-electron chi connectivity index (χ3n) is 13.2. The molecule has 8 heteroatoms. The first-order valence-electron chi connectivity index (χ1n) is 14.8. The summed E-state index contributed by atoms with van der Waals surface area (Å²) in [5.74, 6) is 2.75. The quantitative estimate of drug-likeness (QED) is 0.230. The van der Waals surface area contributed by atoms with Crippen LogP contribution in [-0.2, 0) is 9.47 Å². The SMILES string of the molecule is C[C@]12C[C@H]([N+]3(C)CCOCC3)[C@@H](O)C[C@@H]1CC[C@@H]1[C@@H]2CC[C@]2(C)[C@H](O)[C@@H]([N+]3(C)CCOCC3)C[C@@H]12.[I-].[I-]. The van der Waals surface area contributed by atoms with Gasteiger partial charge in [0, 0.05) is 18.3 Å². The fourth-order valence-electron chi connectivity index (χ4n) is 10.7. The van der Waals surface area contributed by atoms with Gasteiger partial charge in [-0.25, -0.2) is 0 Å². The van der Waals surface area contributed by atoms with E-state index in [1.807, 2.05) is 0 Å². The van der Waals surface area contributed by atoms with Gasteiger partial charge < -0.3 is 76.6 Å². The van der Waals surface area contributed by atoms with Gasteiger partial charge in [-0.3, -0.25) is 0 Å². The molecule has 6 aliphatic rings. The molecule has 2 aliphatic heterocycles. The van der Waals surface area contributed by atoms with Gasteiger partial charge in [0.15, 0.2) is 0 Å². The van der Waals surface area contributed by atoms with Crippen LogP contribution in [0.3, 0.4) is 0 Å². The van der Waals surface area contributed by atoms with Crippen LogP contribution in [0, 0.1) is 34.5 Å². The van der Waals surface area contributed by atoms with Crippen molar-refractivity contribution in [3.63, 3.8) is 0 Å². The fraction of sp³-hybridized carbons (Fsp3) is 1.00. The van der Waals surface area contributed by atoms with Gasteiger partial charge in [-0.15, -0.1) is 0 Å². The number of hydrogen-bond donors (Lipinski definition) is 2. The molecule has 4 saturated carbocycles. The maximum atomic E-state index is 11.8. The molecule has 0 radical (unpaired) electrons. The summed E-state index contributed by atoms with van der Waals surface area (Å²) in [6.45, 7) is 12.5. The number of hydrogen-bond acceptors (Lipinski definition) is 4. The molecule has 2 saturated heterocycles. The van der Waals surface area contributed by atoms with Crippen LogP contribution in [0.5, 0.6) is 0 Å². The first-order chi connectivity index (χ1) is 16.6. The van der Waals surface area contributed by atoms with Crippen LogP contribution >= 0.6 is 0 Å². The molecule has 10 atom stereocenters. The molecule has 37 heavy (non-hydrogen) atoms. The predicted octanol–water partition coefficient (Wildman–Crippen LogP) is -3.33. The summed E-state index contributed by atoms with van der Waals surface area (Å²) in [5, 5.41) is 23.2. The standard InChI is InChI=1S/C29H52N2O4.2HI/c1-28-8-7-22-21(23(28)18-24(27(28)33)30(3)9-13-34-14-10-30)6-5-20-17-26(32)25(19-29(20,22)2)31(4)11-15-35-16-12-31;;/h20-27,32-33H,5-19H2,1-4H3;2*1H/q+2;;/p-2/t20-,21+,22-,23-,24-,25-,26-,27+,28-,29-;;/m0../s1. The van der Waals surface area contributed by atoms with E-state index in [2.05, 4.69) is 27.9 Å². The Morgan fingerprint density at radius 2 is 1.27 bits per heavy atom. The number of morpholine rings is 2. The summed E-state index contributed by atoms with van der Waals surface area (Å²) in [6, 6.07) is 0.698. The van der Waals surface area contributed by atoms with E-state index in [1.165, 1.54) is 32.1 Å². The highest BCUT2D eigenvalue weighted by atomic mass is 127. The zero-order valence-electron chi connectivity index (χ0n) is 23.6. The number of fused-ring (bicyclic) bond motifs is 5. The summed E-state index contributed by atoms with van der Waals surface area (Å²) in [4.78, 5) is 0. The molecule has 6 fully saturated rings. The minimum absolute atomic E-state index is 0. The van der Waals surface area contributed by atoms with Crippen molar-refractivity contribution in [1.82, 2.24) is 0 Å². The second-order valence-electron chi connectivity index (χ2n) is 14.6. The molecule has 0 aromatic carbocycles.